The fourth-order valence-corrected chi connectivity index (χ4v) is 1.93. The number of H-pyrrole nitrogens is 1. The Kier molecular flexibility index (Phi) is 2.64. The van der Waals surface area contributed by atoms with Gasteiger partial charge in [-0.3, -0.25) is 10.9 Å². The maximum atomic E-state index is 5.00. The third-order valence-corrected chi connectivity index (χ3v) is 2.78. The zero-order valence-electron chi connectivity index (χ0n) is 7.84. The van der Waals surface area contributed by atoms with Crippen LogP contribution in [-0.2, 0) is 12.8 Å². The van der Waals surface area contributed by atoms with E-state index in [0.29, 0.717) is 11.2 Å². The van der Waals surface area contributed by atoms with E-state index in [4.69, 9.17) is 12.2 Å². The number of aromatic nitrogens is 2. The first-order valence-corrected chi connectivity index (χ1v) is 5.05. The lowest BCUT2D eigenvalue weighted by atomic mass is 9.94. The van der Waals surface area contributed by atoms with Crippen molar-refractivity contribution in [1.82, 2.24) is 20.9 Å². The van der Waals surface area contributed by atoms with E-state index >= 15 is 0 Å². The average molecular weight is 212 g/mol. The van der Waals surface area contributed by atoms with Crippen molar-refractivity contribution < 1.29 is 5.84 Å². The van der Waals surface area contributed by atoms with Crippen LogP contribution >= 0.6 is 12.2 Å². The molecule has 1 atom stereocenters. The van der Waals surface area contributed by atoms with E-state index in [1.54, 1.807) is 0 Å². The average Bonchev–Trinajstić information content (AvgIpc) is 2.64. The number of hydrogen-bond acceptors (Lipinski definition) is 2. The molecule has 2 rings (SSSR count). The predicted molar refractivity (Wildman–Crippen MR) is 56.2 cm³/mol. The number of nitrogens with one attached hydrogen (secondary N) is 3. The number of rotatable bonds is 1. The number of hydrogen-bond donors (Lipinski definition) is 4. The second-order valence-corrected chi connectivity index (χ2v) is 3.87. The van der Waals surface area contributed by atoms with Gasteiger partial charge in [0.2, 0.25) is 5.11 Å². The van der Waals surface area contributed by atoms with Gasteiger partial charge in [0, 0.05) is 18.2 Å². The second kappa shape index (κ2) is 3.93. The highest BCUT2D eigenvalue weighted by atomic mass is 32.1. The maximum Gasteiger partial charge on any atom is 0.213 e. The van der Waals surface area contributed by atoms with Gasteiger partial charge in [0.1, 0.15) is 0 Å². The smallest absolute Gasteiger partial charge is 0.213 e. The fraction of sp³-hybridized carbons (Fsp3) is 0.500. The number of nitrogens with zero attached hydrogens (tertiary/aromatic N) is 1. The summed E-state index contributed by atoms with van der Waals surface area (Å²) in [5.74, 6) is 3.51. The first-order valence-electron chi connectivity index (χ1n) is 4.64. The fourth-order valence-electron chi connectivity index (χ4n) is 1.77. The lowest BCUT2D eigenvalue weighted by Crippen LogP contribution is -2.70. The van der Waals surface area contributed by atoms with Gasteiger partial charge in [-0.2, -0.15) is 5.10 Å². The van der Waals surface area contributed by atoms with E-state index in [0.717, 1.165) is 19.3 Å². The molecule has 14 heavy (non-hydrogen) atoms. The molecule has 0 aromatic carbocycles. The molecule has 1 aliphatic rings. The highest BCUT2D eigenvalue weighted by Crippen LogP contribution is 2.18. The molecule has 1 heterocycles. The van der Waals surface area contributed by atoms with Crippen molar-refractivity contribution in [2.45, 2.75) is 25.3 Å². The van der Waals surface area contributed by atoms with Gasteiger partial charge in [0.05, 0.1) is 6.20 Å². The zero-order chi connectivity index (χ0) is 9.97. The van der Waals surface area contributed by atoms with Crippen LogP contribution in [0.2, 0.25) is 0 Å². The Balaban J connectivity index is 1.97. The SMILES string of the molecule is [NH3+]NC(=S)NC1CCc2cn[nH]c2C1. The van der Waals surface area contributed by atoms with Crippen molar-refractivity contribution in [3.63, 3.8) is 0 Å². The number of thiocarbonyl (C=S) groups is 1. The van der Waals surface area contributed by atoms with Crippen molar-refractivity contribution in [3.8, 4) is 0 Å². The molecule has 0 saturated heterocycles. The first-order chi connectivity index (χ1) is 6.79. The van der Waals surface area contributed by atoms with E-state index in [2.05, 4.69) is 26.8 Å². The number of fused-ring (bicyclic) bond motifs is 1. The molecule has 6 heteroatoms. The van der Waals surface area contributed by atoms with Gasteiger partial charge < -0.3 is 5.32 Å². The van der Waals surface area contributed by atoms with E-state index in [-0.39, 0.29) is 0 Å². The summed E-state index contributed by atoms with van der Waals surface area (Å²) in [7, 11) is 0. The molecule has 0 amide bonds. The van der Waals surface area contributed by atoms with Gasteiger partial charge in [-0.25, -0.2) is 5.43 Å². The number of quaternary nitrogens is 1. The largest absolute Gasteiger partial charge is 0.356 e. The van der Waals surface area contributed by atoms with Gasteiger partial charge in [0.15, 0.2) is 0 Å². The Hall–Kier alpha value is -1.14. The molecule has 1 unspecified atom stereocenters. The third kappa shape index (κ3) is 1.85. The van der Waals surface area contributed by atoms with Crippen LogP contribution in [0.1, 0.15) is 17.7 Å². The molecule has 5 nitrogen and oxygen atoms in total. The number of aromatic amines is 1. The van der Waals surface area contributed by atoms with Gasteiger partial charge >= 0.3 is 0 Å². The predicted octanol–water partition coefficient (Wildman–Crippen LogP) is -1.11. The van der Waals surface area contributed by atoms with E-state index < -0.39 is 0 Å². The molecule has 0 radical (unpaired) electrons. The lowest BCUT2D eigenvalue weighted by molar-refractivity contribution is -0.419. The Bertz CT molecular complexity index is 334. The van der Waals surface area contributed by atoms with Gasteiger partial charge in [-0.1, -0.05) is 0 Å². The minimum atomic E-state index is 0.393. The molecular weight excluding hydrogens is 198 g/mol. The quantitative estimate of drug-likeness (QED) is 0.351. The van der Waals surface area contributed by atoms with Crippen molar-refractivity contribution in [2.24, 2.45) is 0 Å². The third-order valence-electron chi connectivity index (χ3n) is 2.52. The van der Waals surface area contributed by atoms with Crippen LogP contribution in [0, 0.1) is 0 Å². The molecule has 0 bridgehead atoms. The highest BCUT2D eigenvalue weighted by Gasteiger charge is 2.20. The van der Waals surface area contributed by atoms with Gasteiger partial charge in [-0.05, 0) is 30.6 Å². The van der Waals surface area contributed by atoms with Crippen molar-refractivity contribution >= 4 is 17.3 Å². The lowest BCUT2D eigenvalue weighted by Gasteiger charge is -2.22. The van der Waals surface area contributed by atoms with Crippen LogP contribution in [-0.4, -0.2) is 21.4 Å². The summed E-state index contributed by atoms with van der Waals surface area (Å²) >= 11 is 5.00. The standard InChI is InChI=1S/C8H13N5S/c9-12-8(14)11-6-2-1-5-4-10-13-7(5)3-6/h4,6H,1-3,9H2,(H,10,13)(H2,11,12,14)/p+1. The summed E-state index contributed by atoms with van der Waals surface area (Å²) < 4.78 is 0. The van der Waals surface area contributed by atoms with Crippen molar-refractivity contribution in [2.75, 3.05) is 0 Å². The zero-order valence-corrected chi connectivity index (χ0v) is 8.66. The van der Waals surface area contributed by atoms with E-state index in [1.165, 1.54) is 11.3 Å². The highest BCUT2D eigenvalue weighted by molar-refractivity contribution is 7.80. The van der Waals surface area contributed by atoms with Gasteiger partial charge in [0.25, 0.3) is 0 Å². The van der Waals surface area contributed by atoms with Crippen LogP contribution < -0.4 is 16.6 Å². The molecule has 0 fully saturated rings. The minimum absolute atomic E-state index is 0.393. The van der Waals surface area contributed by atoms with Crippen molar-refractivity contribution in [1.29, 1.82) is 0 Å². The summed E-state index contributed by atoms with van der Waals surface area (Å²) in [6.45, 7) is 0. The van der Waals surface area contributed by atoms with Crippen LogP contribution in [0.5, 0.6) is 0 Å². The van der Waals surface area contributed by atoms with Crippen molar-refractivity contribution in [3.05, 3.63) is 17.5 Å². The summed E-state index contributed by atoms with van der Waals surface area (Å²) in [6.07, 6.45) is 5.01. The monoisotopic (exact) mass is 212 g/mol. The number of aryl methyl sites for hydroxylation is 1. The molecule has 0 aliphatic heterocycles. The Labute approximate surface area is 87.4 Å². The Morgan fingerprint density at radius 1 is 1.71 bits per heavy atom. The second-order valence-electron chi connectivity index (χ2n) is 3.46. The summed E-state index contributed by atoms with van der Waals surface area (Å²) in [4.78, 5) is 0. The molecule has 1 aliphatic carbocycles. The first kappa shape index (κ1) is 9.42. The summed E-state index contributed by atoms with van der Waals surface area (Å²) in [6, 6.07) is 0.393. The van der Waals surface area contributed by atoms with Gasteiger partial charge in [-0.15, -0.1) is 0 Å². The Morgan fingerprint density at radius 2 is 2.57 bits per heavy atom. The minimum Gasteiger partial charge on any atom is -0.356 e. The normalized spacial score (nSPS) is 19.9. The molecule has 0 spiro atoms. The maximum absolute atomic E-state index is 5.00. The van der Waals surface area contributed by atoms with E-state index in [1.807, 2.05) is 6.20 Å². The molecule has 76 valence electrons. The topological polar surface area (TPSA) is 80.4 Å². The van der Waals surface area contributed by atoms with E-state index in [9.17, 15) is 0 Å². The van der Waals surface area contributed by atoms with Crippen LogP contribution in [0.4, 0.5) is 0 Å². The van der Waals surface area contributed by atoms with Crippen LogP contribution in [0.25, 0.3) is 0 Å². The molecule has 1 aromatic rings. The van der Waals surface area contributed by atoms with Crippen LogP contribution in [0.15, 0.2) is 6.20 Å². The summed E-state index contributed by atoms with van der Waals surface area (Å²) in [5, 5.41) is 10.9. The summed E-state index contributed by atoms with van der Waals surface area (Å²) in [5.41, 5.74) is 5.23. The molecule has 6 N–H and O–H groups in total. The molecule has 1 aromatic heterocycles. The molecular formula is C8H14N5S+. The molecule has 0 saturated carbocycles. The Morgan fingerprint density at radius 3 is 3.36 bits per heavy atom. The van der Waals surface area contributed by atoms with Crippen LogP contribution in [0.3, 0.4) is 0 Å².